The SMILES string of the molecule is CCC(CC)=NC(=N)Cl. The monoisotopic (exact) mass is 146 g/mol. The van der Waals surface area contributed by atoms with E-state index in [0.717, 1.165) is 18.6 Å². The predicted molar refractivity (Wildman–Crippen MR) is 41.6 cm³/mol. The number of hydrogen-bond donors (Lipinski definition) is 1. The first kappa shape index (κ1) is 8.63. The molecule has 2 nitrogen and oxygen atoms in total. The molecule has 9 heavy (non-hydrogen) atoms. The van der Waals surface area contributed by atoms with Crippen molar-refractivity contribution in [3.63, 3.8) is 0 Å². The van der Waals surface area contributed by atoms with Crippen molar-refractivity contribution in [3.05, 3.63) is 0 Å². The second-order valence-corrected chi connectivity index (χ2v) is 2.03. The van der Waals surface area contributed by atoms with E-state index >= 15 is 0 Å². The zero-order chi connectivity index (χ0) is 7.28. The molecule has 0 aromatic rings. The second kappa shape index (κ2) is 4.50. The van der Waals surface area contributed by atoms with Gasteiger partial charge < -0.3 is 0 Å². The molecule has 52 valence electrons. The van der Waals surface area contributed by atoms with Gasteiger partial charge >= 0.3 is 0 Å². The maximum absolute atomic E-state index is 6.81. The summed E-state index contributed by atoms with van der Waals surface area (Å²) < 4.78 is 0. The first-order chi connectivity index (χ1) is 4.20. The van der Waals surface area contributed by atoms with E-state index in [1.165, 1.54) is 0 Å². The van der Waals surface area contributed by atoms with Crippen LogP contribution in [-0.4, -0.2) is 11.0 Å². The summed E-state index contributed by atoms with van der Waals surface area (Å²) in [6.45, 7) is 4.00. The minimum absolute atomic E-state index is 0.117. The Morgan fingerprint density at radius 2 is 1.89 bits per heavy atom. The standard InChI is InChI=1S/C6H11ClN2/c1-3-5(4-2)9-6(7)8/h8H,3-4H2,1-2H3. The van der Waals surface area contributed by atoms with Gasteiger partial charge in [-0.15, -0.1) is 0 Å². The third-order valence-electron chi connectivity index (χ3n) is 1.07. The van der Waals surface area contributed by atoms with Crippen LogP contribution < -0.4 is 0 Å². The van der Waals surface area contributed by atoms with Crippen LogP contribution in [0.5, 0.6) is 0 Å². The number of nitrogens with zero attached hydrogens (tertiary/aromatic N) is 1. The highest BCUT2D eigenvalue weighted by atomic mass is 35.5. The van der Waals surface area contributed by atoms with E-state index in [4.69, 9.17) is 17.0 Å². The summed E-state index contributed by atoms with van der Waals surface area (Å²) in [5.41, 5.74) is 0.981. The molecule has 0 aliphatic carbocycles. The van der Waals surface area contributed by atoms with E-state index in [9.17, 15) is 0 Å². The Bertz CT molecular complexity index is 123. The van der Waals surface area contributed by atoms with Crippen LogP contribution in [0.25, 0.3) is 0 Å². The van der Waals surface area contributed by atoms with Gasteiger partial charge in [-0.1, -0.05) is 13.8 Å². The fraction of sp³-hybridized carbons (Fsp3) is 0.667. The second-order valence-electron chi connectivity index (χ2n) is 1.68. The molecule has 0 unspecified atom stereocenters. The molecule has 0 aromatic heterocycles. The van der Waals surface area contributed by atoms with Crippen LogP contribution >= 0.6 is 11.6 Å². The highest BCUT2D eigenvalue weighted by molar-refractivity contribution is 6.64. The maximum atomic E-state index is 6.81. The van der Waals surface area contributed by atoms with Gasteiger partial charge in [-0.3, -0.25) is 5.41 Å². The normalized spacial score (nSPS) is 8.78. The molecule has 0 atom stereocenters. The summed E-state index contributed by atoms with van der Waals surface area (Å²) in [6.07, 6.45) is 1.76. The number of amidine groups is 1. The van der Waals surface area contributed by atoms with Crippen molar-refractivity contribution >= 4 is 22.6 Å². The highest BCUT2D eigenvalue weighted by Gasteiger charge is 1.91. The van der Waals surface area contributed by atoms with E-state index in [-0.39, 0.29) is 5.29 Å². The van der Waals surface area contributed by atoms with Crippen LogP contribution in [-0.2, 0) is 0 Å². The third kappa shape index (κ3) is 4.15. The summed E-state index contributed by atoms with van der Waals surface area (Å²) in [6, 6.07) is 0. The number of hydrogen-bond acceptors (Lipinski definition) is 1. The molecular weight excluding hydrogens is 136 g/mol. The Morgan fingerprint density at radius 1 is 1.44 bits per heavy atom. The van der Waals surface area contributed by atoms with Crippen LogP contribution in [0.2, 0.25) is 0 Å². The van der Waals surface area contributed by atoms with Crippen LogP contribution in [0, 0.1) is 5.41 Å². The topological polar surface area (TPSA) is 36.2 Å². The van der Waals surface area contributed by atoms with Crippen molar-refractivity contribution in [2.24, 2.45) is 4.99 Å². The van der Waals surface area contributed by atoms with Crippen LogP contribution in [0.15, 0.2) is 4.99 Å². The number of rotatable bonds is 2. The molecule has 0 fully saturated rings. The van der Waals surface area contributed by atoms with Gasteiger partial charge in [0.15, 0.2) is 0 Å². The minimum Gasteiger partial charge on any atom is -0.272 e. The summed E-state index contributed by atoms with van der Waals surface area (Å²) in [4.78, 5) is 3.78. The van der Waals surface area contributed by atoms with E-state index in [2.05, 4.69) is 4.99 Å². The first-order valence-electron chi connectivity index (χ1n) is 3.01. The summed E-state index contributed by atoms with van der Waals surface area (Å²) in [5.74, 6) is 0. The van der Waals surface area contributed by atoms with E-state index in [1.54, 1.807) is 0 Å². The van der Waals surface area contributed by atoms with Crippen molar-refractivity contribution in [2.75, 3.05) is 0 Å². The van der Waals surface area contributed by atoms with Crippen molar-refractivity contribution in [3.8, 4) is 0 Å². The maximum Gasteiger partial charge on any atom is 0.214 e. The predicted octanol–water partition coefficient (Wildman–Crippen LogP) is 2.42. The Kier molecular flexibility index (Phi) is 4.32. The minimum atomic E-state index is -0.117. The molecule has 1 N–H and O–H groups in total. The van der Waals surface area contributed by atoms with Crippen LogP contribution in [0.3, 0.4) is 0 Å². The molecule has 0 aromatic carbocycles. The first-order valence-corrected chi connectivity index (χ1v) is 3.39. The zero-order valence-electron chi connectivity index (χ0n) is 5.74. The molecule has 0 spiro atoms. The number of halogens is 1. The largest absolute Gasteiger partial charge is 0.272 e. The molecule has 0 aliphatic heterocycles. The van der Waals surface area contributed by atoms with Gasteiger partial charge in [0.25, 0.3) is 0 Å². The summed E-state index contributed by atoms with van der Waals surface area (Å²) in [5, 5.41) is 6.69. The molecule has 0 heterocycles. The zero-order valence-corrected chi connectivity index (χ0v) is 6.50. The van der Waals surface area contributed by atoms with Crippen molar-refractivity contribution < 1.29 is 0 Å². The molecule has 0 saturated heterocycles. The lowest BCUT2D eigenvalue weighted by atomic mass is 10.2. The summed E-state index contributed by atoms with van der Waals surface area (Å²) in [7, 11) is 0. The average Bonchev–Trinajstić information content (AvgIpc) is 1.82. The third-order valence-corrected chi connectivity index (χ3v) is 1.16. The summed E-state index contributed by atoms with van der Waals surface area (Å²) >= 11 is 5.23. The van der Waals surface area contributed by atoms with Crippen LogP contribution in [0.1, 0.15) is 26.7 Å². The Labute approximate surface area is 60.4 Å². The van der Waals surface area contributed by atoms with Crippen molar-refractivity contribution in [1.29, 1.82) is 5.41 Å². The van der Waals surface area contributed by atoms with Gasteiger partial charge in [-0.25, -0.2) is 4.99 Å². The Hall–Kier alpha value is -0.370. The van der Waals surface area contributed by atoms with Gasteiger partial charge in [-0.2, -0.15) is 0 Å². The van der Waals surface area contributed by atoms with E-state index in [1.807, 2.05) is 13.8 Å². The fourth-order valence-corrected chi connectivity index (χ4v) is 0.666. The molecule has 0 bridgehead atoms. The lowest BCUT2D eigenvalue weighted by Crippen LogP contribution is -1.95. The van der Waals surface area contributed by atoms with Gasteiger partial charge in [0, 0.05) is 5.71 Å². The number of nitrogens with one attached hydrogen (secondary N) is 1. The fourth-order valence-electron chi connectivity index (χ4n) is 0.547. The molecule has 0 rings (SSSR count). The average molecular weight is 147 g/mol. The van der Waals surface area contributed by atoms with Gasteiger partial charge in [-0.05, 0) is 24.4 Å². The number of aliphatic imine (C=N–C) groups is 1. The van der Waals surface area contributed by atoms with Crippen molar-refractivity contribution in [2.45, 2.75) is 26.7 Å². The van der Waals surface area contributed by atoms with E-state index in [0.29, 0.717) is 0 Å². The van der Waals surface area contributed by atoms with Crippen molar-refractivity contribution in [1.82, 2.24) is 0 Å². The molecule has 0 aliphatic rings. The Balaban J connectivity index is 3.91. The van der Waals surface area contributed by atoms with Gasteiger partial charge in [0.2, 0.25) is 5.29 Å². The molecule has 0 amide bonds. The Morgan fingerprint density at radius 3 is 2.00 bits per heavy atom. The molecule has 0 saturated carbocycles. The van der Waals surface area contributed by atoms with Gasteiger partial charge in [0.1, 0.15) is 0 Å². The van der Waals surface area contributed by atoms with E-state index < -0.39 is 0 Å². The quantitative estimate of drug-likeness (QED) is 0.353. The smallest absolute Gasteiger partial charge is 0.214 e. The molecule has 0 radical (unpaired) electrons. The lowest BCUT2D eigenvalue weighted by Gasteiger charge is -1.94. The van der Waals surface area contributed by atoms with Crippen LogP contribution in [0.4, 0.5) is 0 Å². The molecule has 3 heteroatoms. The lowest BCUT2D eigenvalue weighted by molar-refractivity contribution is 1.16. The molecular formula is C6H11ClN2. The highest BCUT2D eigenvalue weighted by Crippen LogP contribution is 1.94. The van der Waals surface area contributed by atoms with Gasteiger partial charge in [0.05, 0.1) is 0 Å².